The van der Waals surface area contributed by atoms with E-state index in [1.807, 2.05) is 48.5 Å². The Morgan fingerprint density at radius 3 is 2.18 bits per heavy atom. The van der Waals surface area contributed by atoms with Gasteiger partial charge in [0.2, 0.25) is 0 Å². The highest BCUT2D eigenvalue weighted by Crippen LogP contribution is 2.51. The molecule has 11 rings (SSSR count). The molecule has 0 radical (unpaired) electrons. The lowest BCUT2D eigenvalue weighted by molar-refractivity contribution is -0.572. The highest BCUT2D eigenvalue weighted by atomic mass is 16.5. The van der Waals surface area contributed by atoms with Crippen molar-refractivity contribution in [1.29, 1.82) is 0 Å². The molecule has 5 heteroatoms. The van der Waals surface area contributed by atoms with Crippen LogP contribution in [0.2, 0.25) is 0 Å². The fourth-order valence-electron chi connectivity index (χ4n) is 9.97. The van der Waals surface area contributed by atoms with Crippen molar-refractivity contribution in [2.45, 2.75) is 118 Å². The predicted octanol–water partition coefficient (Wildman–Crippen LogP) is 16.8. The molecule has 0 atom stereocenters. The first kappa shape index (κ1) is 26.3. The van der Waals surface area contributed by atoms with Gasteiger partial charge in [-0.1, -0.05) is 159 Å². The lowest BCUT2D eigenvalue weighted by Gasteiger charge is -2.27. The number of rotatable bonds is 7. The number of aryl methyl sites for hydroxylation is 3. The highest BCUT2D eigenvalue weighted by Gasteiger charge is 2.42. The number of fused-ring (bicyclic) bond motifs is 5. The second kappa shape index (κ2) is 16.4. The summed E-state index contributed by atoms with van der Waals surface area (Å²) < 4.78 is 226. The minimum atomic E-state index is -3.83. The Labute approximate surface area is 454 Å². The van der Waals surface area contributed by atoms with Crippen molar-refractivity contribution in [3.05, 3.63) is 197 Å². The largest absolute Gasteiger partial charge is 0.458 e. The molecule has 0 unspecified atom stereocenters. The van der Waals surface area contributed by atoms with Crippen LogP contribution in [0.5, 0.6) is 11.5 Å². The van der Waals surface area contributed by atoms with Crippen LogP contribution in [-0.4, -0.2) is 14.1 Å². The molecular weight excluding hydrogens is 865 g/mol. The summed E-state index contributed by atoms with van der Waals surface area (Å²) in [6.45, 7) is -12.4. The van der Waals surface area contributed by atoms with Crippen LogP contribution in [-0.2, 0) is 21.7 Å². The predicted molar refractivity (Wildman–Crippen MR) is 295 cm³/mol. The Bertz CT molecular complexity index is 4690. The topological polar surface area (TPSA) is 35.9 Å². The summed E-state index contributed by atoms with van der Waals surface area (Å²) in [5, 5.41) is 1.89. The zero-order chi connectivity index (χ0) is 70.1. The average Bonchev–Trinajstić information content (AvgIpc) is 1.50. The summed E-state index contributed by atoms with van der Waals surface area (Å²) in [7, 11) is 0. The smallest absolute Gasteiger partial charge is 0.269 e. The van der Waals surface area contributed by atoms with Crippen LogP contribution in [0.4, 0.5) is 0 Å². The number of aromatic nitrogens is 4. The minimum Gasteiger partial charge on any atom is -0.458 e. The third-order valence-corrected chi connectivity index (χ3v) is 13.4. The Kier molecular flexibility index (Phi) is 6.08. The fraction of sp³-hybridized carbons (Fsp3) is 0.273. The molecule has 71 heavy (non-hydrogen) atoms. The van der Waals surface area contributed by atoms with Crippen LogP contribution in [0, 0.1) is 26.9 Å². The number of nitrogens with zero attached hydrogens (tertiary/aromatic N) is 4. The van der Waals surface area contributed by atoms with E-state index >= 15 is 0 Å². The van der Waals surface area contributed by atoms with Crippen molar-refractivity contribution in [3.8, 4) is 50.9 Å². The first-order valence-electron chi connectivity index (χ1n) is 35.3. The van der Waals surface area contributed by atoms with Gasteiger partial charge in [0.25, 0.3) is 6.33 Å². The van der Waals surface area contributed by atoms with Gasteiger partial charge in [-0.05, 0) is 159 Å². The lowest BCUT2D eigenvalue weighted by atomic mass is 9.81. The minimum absolute atomic E-state index is 0.0858. The maximum absolute atomic E-state index is 10.2. The molecule has 0 saturated carbocycles. The van der Waals surface area contributed by atoms with Crippen LogP contribution >= 0.6 is 0 Å². The second-order valence-electron chi connectivity index (χ2n) is 20.6. The summed E-state index contributed by atoms with van der Waals surface area (Å²) in [6, 6.07) is 31.8. The fourth-order valence-corrected chi connectivity index (χ4v) is 9.97. The van der Waals surface area contributed by atoms with E-state index in [0.717, 1.165) is 33.4 Å². The number of benzene rings is 7. The van der Waals surface area contributed by atoms with Gasteiger partial charge >= 0.3 is 0 Å². The zero-order valence-electron chi connectivity index (χ0n) is 64.1. The second-order valence-corrected chi connectivity index (χ2v) is 20.6. The zero-order valence-corrected chi connectivity index (χ0v) is 40.1. The van der Waals surface area contributed by atoms with E-state index in [1.54, 1.807) is 51.2 Å². The van der Waals surface area contributed by atoms with Crippen molar-refractivity contribution in [2.24, 2.45) is 0 Å². The van der Waals surface area contributed by atoms with Crippen LogP contribution < -0.4 is 9.30 Å². The van der Waals surface area contributed by atoms with Crippen molar-refractivity contribution < 1.29 is 42.2 Å². The molecule has 0 saturated heterocycles. The molecule has 356 valence electrons. The summed E-state index contributed by atoms with van der Waals surface area (Å²) in [5.74, 6) is 1.37. The molecule has 10 aromatic rings. The molecule has 7 aromatic carbocycles. The Morgan fingerprint density at radius 1 is 0.662 bits per heavy atom. The van der Waals surface area contributed by atoms with E-state index in [9.17, 15) is 4.11 Å². The van der Waals surface area contributed by atoms with Gasteiger partial charge in [-0.3, -0.25) is 13.7 Å². The number of pyridine rings is 1. The monoisotopic (exact) mass is 955 g/mol. The molecule has 3 heterocycles. The van der Waals surface area contributed by atoms with Crippen LogP contribution in [0.25, 0.3) is 72.3 Å². The van der Waals surface area contributed by atoms with Gasteiger partial charge in [0.15, 0.2) is 0 Å². The van der Waals surface area contributed by atoms with E-state index in [2.05, 4.69) is 37.7 Å². The quantitative estimate of drug-likeness (QED) is 0.118. The third kappa shape index (κ3) is 7.95. The number of imidazole rings is 1. The number of hydrogen-bond donors (Lipinski definition) is 0. The summed E-state index contributed by atoms with van der Waals surface area (Å²) in [5.41, 5.74) is -9.32. The van der Waals surface area contributed by atoms with Crippen molar-refractivity contribution in [1.82, 2.24) is 14.1 Å². The van der Waals surface area contributed by atoms with Gasteiger partial charge in [0.1, 0.15) is 17.3 Å². The SMILES string of the molecule is [2H]c1c([2H])c2c(c([2H])c1-c1cc(C([2H])([2H])[2H])cc(C(C)(C)C)c1-[n+]1[c-]n(-c3cccc(Oc4ccc5c6ccccc6n(-c6cc(C(C)(C)C)ccn6)c5c4)c3)c3cc(-c4c(C([2H])([2H])[2H])cccc4C([2H])([2H])[2H])ccc31)C(C([2H])([2H])[2H])(C([2H])([2H])[2H])CC2(C([2H])([2H])[2H])C([2H])([2H])[2H]. The molecular formula is C66H66N4O. The summed E-state index contributed by atoms with van der Waals surface area (Å²) >= 11 is 0. The van der Waals surface area contributed by atoms with Crippen molar-refractivity contribution >= 4 is 32.8 Å². The van der Waals surface area contributed by atoms with E-state index in [0.29, 0.717) is 17.3 Å². The summed E-state index contributed by atoms with van der Waals surface area (Å²) in [6.07, 6.45) is 3.49. The van der Waals surface area contributed by atoms with Crippen molar-refractivity contribution in [2.75, 3.05) is 0 Å². The van der Waals surface area contributed by atoms with Crippen molar-refractivity contribution in [3.63, 3.8) is 0 Å². The van der Waals surface area contributed by atoms with Gasteiger partial charge in [-0.2, -0.15) is 0 Å². The van der Waals surface area contributed by atoms with E-state index < -0.39 is 117 Å². The standard InChI is InChI=1S/C66H66N4O/c1-41-32-52(44-24-28-53-54(34-44)66(12,13)39-65(53,10)11)62(55(33-41)64(7,8)9)69-40-68(59-35-45(25-29-57(59)69)61-42(2)18-16-19-43(61)3)47-20-17-21-48(37-47)71-49-26-27-51-50-22-14-15-23-56(50)70(58(51)38-49)60-36-46(30-31-67-60)63(4,5)6/h14-38H,39H2,1-13H3/i1D3,2D3,3D3,10D3,11D3,12D3,13D3,24D,28D,34D. The summed E-state index contributed by atoms with van der Waals surface area (Å²) in [4.78, 5) is 4.82. The molecule has 0 bridgehead atoms. The number of ether oxygens (including phenoxy) is 1. The Morgan fingerprint density at radius 2 is 1.42 bits per heavy atom. The van der Waals surface area contributed by atoms with Crippen LogP contribution in [0.15, 0.2) is 152 Å². The maximum Gasteiger partial charge on any atom is 0.269 e. The van der Waals surface area contributed by atoms with Crippen LogP contribution in [0.1, 0.15) is 147 Å². The van der Waals surface area contributed by atoms with Gasteiger partial charge in [0, 0.05) is 51.8 Å². The first-order valence-corrected chi connectivity index (χ1v) is 23.3. The average molecular weight is 955 g/mol. The van der Waals surface area contributed by atoms with E-state index in [4.69, 9.17) is 38.5 Å². The molecule has 0 amide bonds. The molecule has 0 N–H and O–H groups in total. The van der Waals surface area contributed by atoms with Gasteiger partial charge in [-0.15, -0.1) is 0 Å². The van der Waals surface area contributed by atoms with E-state index in [-0.39, 0.29) is 55.7 Å². The van der Waals surface area contributed by atoms with Crippen LogP contribution in [0.3, 0.4) is 0 Å². The molecule has 0 fully saturated rings. The molecule has 0 aliphatic heterocycles. The van der Waals surface area contributed by atoms with Gasteiger partial charge in [0.05, 0.1) is 37.6 Å². The first-order chi connectivity index (χ1) is 43.6. The molecule has 5 nitrogen and oxygen atoms in total. The number of para-hydroxylation sites is 1. The molecule has 0 spiro atoms. The van der Waals surface area contributed by atoms with Gasteiger partial charge in [-0.25, -0.2) is 4.98 Å². The Balaban J connectivity index is 1.23. The third-order valence-electron chi connectivity index (χ3n) is 13.4. The molecule has 3 aromatic heterocycles. The Hall–Kier alpha value is -7.24. The highest BCUT2D eigenvalue weighted by molar-refractivity contribution is 6.09. The maximum atomic E-state index is 10.2. The van der Waals surface area contributed by atoms with Gasteiger partial charge < -0.3 is 4.74 Å². The lowest BCUT2D eigenvalue weighted by Crippen LogP contribution is -2.35. The number of hydrogen-bond acceptors (Lipinski definition) is 2. The molecule has 1 aliphatic carbocycles. The normalized spacial score (nSPS) is 20.6. The molecule has 1 aliphatic rings. The van der Waals surface area contributed by atoms with E-state index in [1.165, 1.54) is 51.6 Å².